The molecule has 2 aliphatic rings. The molecule has 0 aromatic carbocycles. The number of ether oxygens (including phenoxy) is 1. The predicted molar refractivity (Wildman–Crippen MR) is 66.5 cm³/mol. The molecule has 2 N–H and O–H groups in total. The van der Waals surface area contributed by atoms with Gasteiger partial charge in [0.1, 0.15) is 0 Å². The van der Waals surface area contributed by atoms with E-state index < -0.39 is 0 Å². The fourth-order valence-electron chi connectivity index (χ4n) is 3.29. The number of hydrogen-bond acceptors (Lipinski definition) is 3. The van der Waals surface area contributed by atoms with Crippen LogP contribution in [-0.4, -0.2) is 42.8 Å². The maximum absolute atomic E-state index is 5.99. The third-order valence-electron chi connectivity index (χ3n) is 4.52. The minimum atomic E-state index is 0.273. The first-order valence-electron chi connectivity index (χ1n) is 6.73. The van der Waals surface area contributed by atoms with Crippen LogP contribution in [-0.2, 0) is 4.74 Å². The lowest BCUT2D eigenvalue weighted by atomic mass is 9.95. The molecule has 1 saturated heterocycles. The number of nitrogens with zero attached hydrogens (tertiary/aromatic N) is 1. The molecular formula is C13H26N2O. The van der Waals surface area contributed by atoms with E-state index in [0.29, 0.717) is 12.2 Å². The van der Waals surface area contributed by atoms with E-state index in [1.54, 1.807) is 0 Å². The molecule has 2 rings (SSSR count). The monoisotopic (exact) mass is 226 g/mol. The molecule has 3 nitrogen and oxygen atoms in total. The second-order valence-corrected chi connectivity index (χ2v) is 5.66. The topological polar surface area (TPSA) is 38.5 Å². The van der Waals surface area contributed by atoms with Gasteiger partial charge < -0.3 is 10.5 Å². The Morgan fingerprint density at radius 1 is 1.31 bits per heavy atom. The Morgan fingerprint density at radius 3 is 2.50 bits per heavy atom. The standard InChI is InChI=1S/C13H26N2O/c1-11-5-6-12(16-11)9-15(2)13(10-14)7-3-4-8-13/h11-12H,3-10,14H2,1-2H3. The summed E-state index contributed by atoms with van der Waals surface area (Å²) in [5.41, 5.74) is 6.26. The molecule has 0 aromatic heterocycles. The summed E-state index contributed by atoms with van der Waals surface area (Å²) in [5.74, 6) is 0. The van der Waals surface area contributed by atoms with Crippen LogP contribution in [0.25, 0.3) is 0 Å². The van der Waals surface area contributed by atoms with Crippen molar-refractivity contribution in [3.63, 3.8) is 0 Å². The predicted octanol–water partition coefficient (Wildman–Crippen LogP) is 1.76. The van der Waals surface area contributed by atoms with E-state index in [0.717, 1.165) is 13.1 Å². The summed E-state index contributed by atoms with van der Waals surface area (Å²) < 4.78 is 5.90. The summed E-state index contributed by atoms with van der Waals surface area (Å²) in [7, 11) is 2.23. The van der Waals surface area contributed by atoms with Gasteiger partial charge in [0, 0.05) is 18.6 Å². The molecular weight excluding hydrogens is 200 g/mol. The van der Waals surface area contributed by atoms with Crippen LogP contribution in [0.5, 0.6) is 0 Å². The maximum atomic E-state index is 5.99. The van der Waals surface area contributed by atoms with Gasteiger partial charge in [-0.1, -0.05) is 12.8 Å². The van der Waals surface area contributed by atoms with Crippen LogP contribution < -0.4 is 5.73 Å². The zero-order valence-corrected chi connectivity index (χ0v) is 10.7. The summed E-state index contributed by atoms with van der Waals surface area (Å²) in [5, 5.41) is 0. The Bertz CT molecular complexity index is 226. The van der Waals surface area contributed by atoms with Crippen molar-refractivity contribution in [2.45, 2.75) is 63.2 Å². The van der Waals surface area contributed by atoms with Gasteiger partial charge in [-0.05, 0) is 39.7 Å². The van der Waals surface area contributed by atoms with Crippen LogP contribution in [0.15, 0.2) is 0 Å². The van der Waals surface area contributed by atoms with E-state index in [4.69, 9.17) is 10.5 Å². The first kappa shape index (κ1) is 12.3. The van der Waals surface area contributed by atoms with E-state index in [2.05, 4.69) is 18.9 Å². The largest absolute Gasteiger partial charge is 0.374 e. The zero-order chi connectivity index (χ0) is 11.6. The van der Waals surface area contributed by atoms with Crippen LogP contribution in [0.4, 0.5) is 0 Å². The molecule has 1 aliphatic carbocycles. The molecule has 0 spiro atoms. The fraction of sp³-hybridized carbons (Fsp3) is 1.00. The Kier molecular flexibility index (Phi) is 3.88. The lowest BCUT2D eigenvalue weighted by Crippen LogP contribution is -2.52. The Hall–Kier alpha value is -0.120. The fourth-order valence-corrected chi connectivity index (χ4v) is 3.29. The van der Waals surface area contributed by atoms with Crippen LogP contribution in [0, 0.1) is 0 Å². The molecule has 0 bridgehead atoms. The molecule has 3 heteroatoms. The van der Waals surface area contributed by atoms with Crippen LogP contribution in [0.2, 0.25) is 0 Å². The lowest BCUT2D eigenvalue weighted by Gasteiger charge is -2.39. The number of likely N-dealkylation sites (N-methyl/N-ethyl adjacent to an activating group) is 1. The summed E-state index contributed by atoms with van der Waals surface area (Å²) in [6.07, 6.45) is 8.53. The van der Waals surface area contributed by atoms with Gasteiger partial charge in [0.2, 0.25) is 0 Å². The van der Waals surface area contributed by atoms with E-state index >= 15 is 0 Å². The highest BCUT2D eigenvalue weighted by molar-refractivity contribution is 4.95. The second kappa shape index (κ2) is 5.03. The molecule has 0 amide bonds. The number of nitrogens with two attached hydrogens (primary N) is 1. The molecule has 1 heterocycles. The summed E-state index contributed by atoms with van der Waals surface area (Å²) in [6, 6.07) is 0. The average molecular weight is 226 g/mol. The van der Waals surface area contributed by atoms with E-state index in [1.165, 1.54) is 38.5 Å². The molecule has 2 fully saturated rings. The summed E-state index contributed by atoms with van der Waals surface area (Å²) in [4.78, 5) is 2.47. The van der Waals surface area contributed by atoms with Crippen LogP contribution in [0.1, 0.15) is 45.4 Å². The first-order valence-corrected chi connectivity index (χ1v) is 6.73. The SMILES string of the molecule is CC1CCC(CN(C)C2(CN)CCCC2)O1. The smallest absolute Gasteiger partial charge is 0.0706 e. The van der Waals surface area contributed by atoms with Gasteiger partial charge in [0.15, 0.2) is 0 Å². The highest BCUT2D eigenvalue weighted by Crippen LogP contribution is 2.34. The third kappa shape index (κ3) is 2.41. The minimum Gasteiger partial charge on any atom is -0.374 e. The first-order chi connectivity index (χ1) is 7.66. The van der Waals surface area contributed by atoms with Gasteiger partial charge in [-0.3, -0.25) is 4.90 Å². The molecule has 1 aliphatic heterocycles. The molecule has 16 heavy (non-hydrogen) atoms. The Morgan fingerprint density at radius 2 is 2.00 bits per heavy atom. The van der Waals surface area contributed by atoms with Gasteiger partial charge in [-0.2, -0.15) is 0 Å². The van der Waals surface area contributed by atoms with Gasteiger partial charge >= 0.3 is 0 Å². The minimum absolute atomic E-state index is 0.273. The van der Waals surface area contributed by atoms with Crippen molar-refractivity contribution in [3.05, 3.63) is 0 Å². The normalized spacial score (nSPS) is 33.8. The molecule has 2 unspecified atom stereocenters. The summed E-state index contributed by atoms with van der Waals surface area (Å²) >= 11 is 0. The molecule has 0 radical (unpaired) electrons. The second-order valence-electron chi connectivity index (χ2n) is 5.66. The third-order valence-corrected chi connectivity index (χ3v) is 4.52. The van der Waals surface area contributed by atoms with E-state index in [-0.39, 0.29) is 5.54 Å². The lowest BCUT2D eigenvalue weighted by molar-refractivity contribution is 0.0104. The highest BCUT2D eigenvalue weighted by Gasteiger charge is 2.38. The average Bonchev–Trinajstić information content (AvgIpc) is 2.88. The number of hydrogen-bond donors (Lipinski definition) is 1. The molecule has 1 saturated carbocycles. The van der Waals surface area contributed by atoms with Crippen molar-refractivity contribution < 1.29 is 4.74 Å². The molecule has 0 aromatic rings. The molecule has 94 valence electrons. The quantitative estimate of drug-likeness (QED) is 0.794. The van der Waals surface area contributed by atoms with E-state index in [9.17, 15) is 0 Å². The van der Waals surface area contributed by atoms with Gasteiger partial charge in [0.25, 0.3) is 0 Å². The number of rotatable bonds is 4. The van der Waals surface area contributed by atoms with Crippen LogP contribution >= 0.6 is 0 Å². The summed E-state index contributed by atoms with van der Waals surface area (Å²) in [6.45, 7) is 4.03. The Labute approximate surface area is 99.3 Å². The highest BCUT2D eigenvalue weighted by atomic mass is 16.5. The van der Waals surface area contributed by atoms with E-state index in [1.807, 2.05) is 0 Å². The van der Waals surface area contributed by atoms with Crippen molar-refractivity contribution in [2.24, 2.45) is 5.73 Å². The maximum Gasteiger partial charge on any atom is 0.0706 e. The van der Waals surface area contributed by atoms with Gasteiger partial charge in [-0.25, -0.2) is 0 Å². The Balaban J connectivity index is 1.88. The van der Waals surface area contributed by atoms with Crippen molar-refractivity contribution >= 4 is 0 Å². The zero-order valence-electron chi connectivity index (χ0n) is 10.7. The van der Waals surface area contributed by atoms with Crippen molar-refractivity contribution in [3.8, 4) is 0 Å². The van der Waals surface area contributed by atoms with Crippen molar-refractivity contribution in [2.75, 3.05) is 20.1 Å². The van der Waals surface area contributed by atoms with Crippen molar-refractivity contribution in [1.29, 1.82) is 0 Å². The van der Waals surface area contributed by atoms with Crippen LogP contribution in [0.3, 0.4) is 0 Å². The van der Waals surface area contributed by atoms with Crippen molar-refractivity contribution in [1.82, 2.24) is 4.90 Å². The van der Waals surface area contributed by atoms with Gasteiger partial charge in [-0.15, -0.1) is 0 Å². The van der Waals surface area contributed by atoms with Gasteiger partial charge in [0.05, 0.1) is 12.2 Å². The molecule has 2 atom stereocenters.